The highest BCUT2D eigenvalue weighted by molar-refractivity contribution is 7.88. The molecule has 2 aromatic carbocycles. The zero-order valence-electron chi connectivity index (χ0n) is 23.5. The van der Waals surface area contributed by atoms with Crippen LogP contribution in [0.1, 0.15) is 63.5 Å². The Hall–Kier alpha value is -2.74. The number of halogens is 9. The maximum Gasteiger partial charge on any atom is 0.460 e. The number of unbranched alkanes of at least 4 members (excludes halogenated alkanes) is 2. The number of benzene rings is 2. The van der Waals surface area contributed by atoms with Crippen LogP contribution in [0.3, 0.4) is 0 Å². The fourth-order valence-electron chi connectivity index (χ4n) is 4.68. The van der Waals surface area contributed by atoms with Gasteiger partial charge in [0.05, 0.1) is 12.2 Å². The summed E-state index contributed by atoms with van der Waals surface area (Å²) in [5.41, 5.74) is -0.276. The smallest absolute Gasteiger partial charge is 0.378 e. The van der Waals surface area contributed by atoms with Gasteiger partial charge in [0.1, 0.15) is 5.75 Å². The minimum atomic E-state index is -7.41. The average molecular weight is 649 g/mol. The molecule has 43 heavy (non-hydrogen) atoms. The van der Waals surface area contributed by atoms with Crippen LogP contribution in [0, 0.1) is 5.92 Å². The van der Waals surface area contributed by atoms with Crippen LogP contribution >= 0.6 is 0 Å². The van der Waals surface area contributed by atoms with Gasteiger partial charge in [0.15, 0.2) is 0 Å². The molecule has 0 bridgehead atoms. The Bertz CT molecular complexity index is 1300. The molecule has 1 unspecified atom stereocenters. The summed E-state index contributed by atoms with van der Waals surface area (Å²) < 4.78 is 156. The predicted octanol–water partition coefficient (Wildman–Crippen LogP) is 9.42. The molecule has 0 amide bonds. The van der Waals surface area contributed by atoms with Gasteiger partial charge in [-0.15, -0.1) is 6.58 Å². The van der Waals surface area contributed by atoms with Crippen molar-refractivity contribution in [3.05, 3.63) is 78.4 Å². The molecule has 2 atom stereocenters. The Balaban J connectivity index is 2.63. The largest absolute Gasteiger partial charge is 0.460 e. The van der Waals surface area contributed by atoms with Crippen molar-refractivity contribution in [2.75, 3.05) is 0 Å². The fourth-order valence-corrected chi connectivity index (χ4v) is 5.58. The van der Waals surface area contributed by atoms with Crippen molar-refractivity contribution in [1.29, 1.82) is 0 Å². The van der Waals surface area contributed by atoms with Gasteiger partial charge in [-0.05, 0) is 48.4 Å². The Morgan fingerprint density at radius 3 is 2.02 bits per heavy atom. The molecule has 0 radical (unpaired) electrons. The fraction of sp³-hybridized carbons (Fsp3) is 0.517. The van der Waals surface area contributed by atoms with E-state index in [9.17, 15) is 47.9 Å². The summed E-state index contributed by atoms with van der Waals surface area (Å²) in [7, 11) is -7.11. The molecule has 0 aromatic heterocycles. The Labute approximate surface area is 245 Å². The van der Waals surface area contributed by atoms with Gasteiger partial charge >= 0.3 is 33.4 Å². The van der Waals surface area contributed by atoms with E-state index < -0.39 is 44.7 Å². The average Bonchev–Trinajstić information content (AvgIpc) is 2.93. The molecular weight excluding hydrogens is 615 g/mol. The van der Waals surface area contributed by atoms with Crippen LogP contribution in [0.25, 0.3) is 0 Å². The summed E-state index contributed by atoms with van der Waals surface area (Å²) in [6, 6.07) is 13.2. The first kappa shape index (κ1) is 36.5. The van der Waals surface area contributed by atoms with Crippen LogP contribution in [0.4, 0.5) is 39.5 Å². The van der Waals surface area contributed by atoms with Crippen LogP contribution in [-0.4, -0.2) is 31.7 Å². The monoisotopic (exact) mass is 648 g/mol. The van der Waals surface area contributed by atoms with E-state index in [1.807, 2.05) is 13.8 Å². The molecule has 0 N–H and O–H groups in total. The first-order chi connectivity index (χ1) is 19.8. The zero-order valence-corrected chi connectivity index (χ0v) is 24.3. The van der Waals surface area contributed by atoms with Crippen molar-refractivity contribution in [3.8, 4) is 5.75 Å². The van der Waals surface area contributed by atoms with Crippen molar-refractivity contribution in [1.82, 2.24) is 0 Å². The van der Waals surface area contributed by atoms with Crippen molar-refractivity contribution in [3.63, 3.8) is 0 Å². The molecule has 0 spiro atoms. The van der Waals surface area contributed by atoms with E-state index in [1.165, 1.54) is 6.07 Å². The number of hydrogen-bond donors (Lipinski definition) is 0. The number of alkyl halides is 9. The molecule has 0 aliphatic heterocycles. The minimum Gasteiger partial charge on any atom is -0.378 e. The maximum absolute atomic E-state index is 14.3. The second kappa shape index (κ2) is 13.9. The molecular formula is C29H33F9O4S. The van der Waals surface area contributed by atoms with Crippen molar-refractivity contribution >= 4 is 10.1 Å². The predicted molar refractivity (Wildman–Crippen MR) is 143 cm³/mol. The highest BCUT2D eigenvalue weighted by atomic mass is 32.2. The molecule has 0 saturated carbocycles. The van der Waals surface area contributed by atoms with E-state index in [1.54, 1.807) is 36.4 Å². The van der Waals surface area contributed by atoms with Gasteiger partial charge in [-0.1, -0.05) is 81.7 Å². The van der Waals surface area contributed by atoms with Crippen molar-refractivity contribution < 1.29 is 56.9 Å². The Morgan fingerprint density at radius 2 is 1.49 bits per heavy atom. The van der Waals surface area contributed by atoms with E-state index in [-0.39, 0.29) is 18.1 Å². The second-order valence-electron chi connectivity index (χ2n) is 9.98. The molecule has 0 aliphatic rings. The highest BCUT2D eigenvalue weighted by Gasteiger charge is 2.86. The number of ether oxygens (including phenoxy) is 1. The minimum absolute atomic E-state index is 0.0564. The van der Waals surface area contributed by atoms with Gasteiger partial charge < -0.3 is 8.92 Å². The Morgan fingerprint density at radius 1 is 0.860 bits per heavy atom. The number of allylic oxidation sites excluding steroid dienone is 1. The lowest BCUT2D eigenvalue weighted by Gasteiger charge is -2.41. The summed E-state index contributed by atoms with van der Waals surface area (Å²) in [4.78, 5) is 0. The van der Waals surface area contributed by atoms with Gasteiger partial charge in [0.25, 0.3) is 0 Å². The first-order valence-electron chi connectivity index (χ1n) is 13.4. The zero-order chi connectivity index (χ0) is 32.7. The third-order valence-corrected chi connectivity index (χ3v) is 8.35. The van der Waals surface area contributed by atoms with Crippen LogP contribution in [-0.2, 0) is 27.1 Å². The molecule has 0 fully saturated rings. The van der Waals surface area contributed by atoms with E-state index in [0.717, 1.165) is 36.6 Å². The van der Waals surface area contributed by atoms with E-state index in [0.29, 0.717) is 25.7 Å². The van der Waals surface area contributed by atoms with E-state index >= 15 is 0 Å². The van der Waals surface area contributed by atoms with Crippen molar-refractivity contribution in [2.45, 2.75) is 87.9 Å². The summed E-state index contributed by atoms with van der Waals surface area (Å²) in [5, 5.41) is -6.98. The van der Waals surface area contributed by atoms with Gasteiger partial charge in [0, 0.05) is 0 Å². The van der Waals surface area contributed by atoms with Crippen LogP contribution < -0.4 is 4.18 Å². The maximum atomic E-state index is 14.3. The summed E-state index contributed by atoms with van der Waals surface area (Å²) >= 11 is 0. The molecule has 4 nitrogen and oxygen atoms in total. The van der Waals surface area contributed by atoms with E-state index in [4.69, 9.17) is 4.74 Å². The van der Waals surface area contributed by atoms with Gasteiger partial charge in [0.2, 0.25) is 0 Å². The lowest BCUT2D eigenvalue weighted by molar-refractivity contribution is -0.382. The molecule has 2 rings (SSSR count). The summed E-state index contributed by atoms with van der Waals surface area (Å²) in [6.45, 7) is 7.62. The summed E-state index contributed by atoms with van der Waals surface area (Å²) in [5.74, 6) is -16.1. The number of rotatable bonds is 17. The Kier molecular flexibility index (Phi) is 11.8. The van der Waals surface area contributed by atoms with Crippen LogP contribution in [0.5, 0.6) is 5.75 Å². The summed E-state index contributed by atoms with van der Waals surface area (Å²) in [6.07, 6.45) is -2.20. The van der Waals surface area contributed by atoms with Gasteiger partial charge in [-0.25, -0.2) is 0 Å². The van der Waals surface area contributed by atoms with Crippen molar-refractivity contribution in [2.24, 2.45) is 5.92 Å². The third kappa shape index (κ3) is 7.50. The lowest BCUT2D eigenvalue weighted by Crippen LogP contribution is -2.63. The normalized spacial score (nSPS) is 15.5. The topological polar surface area (TPSA) is 52.6 Å². The molecule has 0 heterocycles. The molecule has 2 aromatic rings. The third-order valence-electron chi connectivity index (χ3n) is 7.05. The standard InChI is InChI=1S/C29H33F9O4S/c1-4-7-11-18-25(22(6-3)13-5-2,41-20-21-14-9-8-10-15-21)23-16-12-17-24(19-23)42-43(39,40)29(37,38)27(32,33)26(30,31)28(34,35)36/h5,8-10,12,14-17,19,22H,2,4,6-7,11,13,18,20H2,1,3H3/t22-,25?/m0/s1. The SMILES string of the molecule is C=CC[C@H](CC)C(CCCCC)(OCc1ccccc1)c1cccc(OS(=O)(=O)C(F)(F)C(F)(F)C(F)(F)C(F)(F)F)c1. The van der Waals surface area contributed by atoms with E-state index in [2.05, 4.69) is 10.8 Å². The van der Waals surface area contributed by atoms with Gasteiger partial charge in [-0.3, -0.25) is 0 Å². The highest BCUT2D eigenvalue weighted by Crippen LogP contribution is 2.55. The second-order valence-corrected chi connectivity index (χ2v) is 11.6. The molecule has 14 heteroatoms. The van der Waals surface area contributed by atoms with Crippen LogP contribution in [0.15, 0.2) is 67.3 Å². The van der Waals surface area contributed by atoms with Gasteiger partial charge in [-0.2, -0.15) is 47.9 Å². The van der Waals surface area contributed by atoms with Crippen LogP contribution in [0.2, 0.25) is 0 Å². The molecule has 0 saturated heterocycles. The number of hydrogen-bond acceptors (Lipinski definition) is 4. The molecule has 0 aliphatic carbocycles. The lowest BCUT2D eigenvalue weighted by atomic mass is 9.74. The first-order valence-corrected chi connectivity index (χ1v) is 14.8. The quantitative estimate of drug-likeness (QED) is 0.0743. The molecule has 242 valence electrons.